The van der Waals surface area contributed by atoms with Crippen molar-refractivity contribution in [3.8, 4) is 0 Å². The van der Waals surface area contributed by atoms with E-state index >= 15 is 0 Å². The van der Waals surface area contributed by atoms with E-state index in [0.29, 0.717) is 5.82 Å². The first-order valence-electron chi connectivity index (χ1n) is 13.0. The molecule has 0 aliphatic rings. The van der Waals surface area contributed by atoms with Crippen LogP contribution in [0.4, 0.5) is 0 Å². The molecule has 0 unspecified atom stereocenters. The minimum atomic E-state index is 0.475. The Bertz CT molecular complexity index is 308. The lowest BCUT2D eigenvalue weighted by Gasteiger charge is -2.04. The third kappa shape index (κ3) is 25.3. The van der Waals surface area contributed by atoms with Gasteiger partial charge in [-0.1, -0.05) is 142 Å². The van der Waals surface area contributed by atoms with E-state index in [4.69, 9.17) is 11.5 Å². The van der Waals surface area contributed by atoms with E-state index in [0.717, 1.165) is 6.42 Å². The van der Waals surface area contributed by atoms with E-state index in [1.807, 2.05) is 6.08 Å². The molecule has 0 aliphatic heterocycles. The van der Waals surface area contributed by atoms with Gasteiger partial charge in [0.05, 0.1) is 5.82 Å². The van der Waals surface area contributed by atoms with Crippen LogP contribution in [0, 0.1) is 0 Å². The zero-order valence-electron chi connectivity index (χ0n) is 19.5. The topological polar surface area (TPSA) is 52.0 Å². The Labute approximate surface area is 178 Å². The number of allylic oxidation sites excluding steroid dienone is 1. The lowest BCUT2D eigenvalue weighted by molar-refractivity contribution is 0.519. The Balaban J connectivity index is 3.00. The highest BCUT2D eigenvalue weighted by Crippen LogP contribution is 2.15. The second-order valence-corrected chi connectivity index (χ2v) is 8.92. The van der Waals surface area contributed by atoms with Gasteiger partial charge < -0.3 is 11.5 Å². The first-order valence-corrected chi connectivity index (χ1v) is 13.0. The van der Waals surface area contributed by atoms with Crippen LogP contribution in [-0.4, -0.2) is 0 Å². The zero-order valence-corrected chi connectivity index (χ0v) is 19.5. The number of hydrogen-bond acceptors (Lipinski definition) is 2. The molecule has 0 rings (SSSR count). The molecule has 0 aromatic carbocycles. The van der Waals surface area contributed by atoms with Crippen molar-refractivity contribution in [2.24, 2.45) is 11.5 Å². The van der Waals surface area contributed by atoms with E-state index in [1.165, 1.54) is 141 Å². The van der Waals surface area contributed by atoms with Crippen molar-refractivity contribution in [2.45, 2.75) is 155 Å². The molecule has 0 heterocycles. The van der Waals surface area contributed by atoms with Crippen LogP contribution in [0.15, 0.2) is 11.9 Å². The summed E-state index contributed by atoms with van der Waals surface area (Å²) in [5.41, 5.74) is 10.8. The molecular formula is C26H54N2. The summed E-state index contributed by atoms with van der Waals surface area (Å²) < 4.78 is 0. The average Bonchev–Trinajstić information content (AvgIpc) is 2.68. The van der Waals surface area contributed by atoms with Crippen molar-refractivity contribution in [1.29, 1.82) is 0 Å². The van der Waals surface area contributed by atoms with Crippen LogP contribution in [-0.2, 0) is 0 Å². The van der Waals surface area contributed by atoms with E-state index in [2.05, 4.69) is 6.92 Å². The van der Waals surface area contributed by atoms with E-state index in [-0.39, 0.29) is 0 Å². The van der Waals surface area contributed by atoms with Crippen molar-refractivity contribution < 1.29 is 0 Å². The quantitative estimate of drug-likeness (QED) is 0.170. The highest BCUT2D eigenvalue weighted by Gasteiger charge is 1.95. The summed E-state index contributed by atoms with van der Waals surface area (Å²) in [4.78, 5) is 0. The smallest absolute Gasteiger partial charge is 0.0892 e. The second kappa shape index (κ2) is 24.4. The summed E-state index contributed by atoms with van der Waals surface area (Å²) >= 11 is 0. The van der Waals surface area contributed by atoms with Crippen molar-refractivity contribution in [3.05, 3.63) is 11.9 Å². The van der Waals surface area contributed by atoms with Crippen LogP contribution < -0.4 is 11.5 Å². The lowest BCUT2D eigenvalue weighted by atomic mass is 10.0. The van der Waals surface area contributed by atoms with Gasteiger partial charge in [-0.05, 0) is 18.9 Å². The van der Waals surface area contributed by atoms with E-state index < -0.39 is 0 Å². The Kier molecular flexibility index (Phi) is 23.8. The minimum absolute atomic E-state index is 0.475. The molecule has 0 spiro atoms. The Morgan fingerprint density at radius 2 is 0.679 bits per heavy atom. The largest absolute Gasteiger partial charge is 0.386 e. The van der Waals surface area contributed by atoms with Gasteiger partial charge in [0.15, 0.2) is 0 Å². The predicted molar refractivity (Wildman–Crippen MR) is 128 cm³/mol. The fourth-order valence-corrected chi connectivity index (χ4v) is 4.02. The standard InChI is InChI=1S/C26H54N2/c1-2-3-4-5-6-7-8-9-10-11-12-13-14-15-16-17-18-19-20-21-22-23-24-25-26(27)28/h25H,2-24,27-28H2,1H3. The molecule has 28 heavy (non-hydrogen) atoms. The van der Waals surface area contributed by atoms with Gasteiger partial charge in [0.2, 0.25) is 0 Å². The Hall–Kier alpha value is -0.660. The third-order valence-corrected chi connectivity index (χ3v) is 5.94. The molecule has 0 radical (unpaired) electrons. The number of nitrogens with two attached hydrogens (primary N) is 2. The van der Waals surface area contributed by atoms with Crippen molar-refractivity contribution in [3.63, 3.8) is 0 Å². The van der Waals surface area contributed by atoms with Gasteiger partial charge in [-0.25, -0.2) is 0 Å². The molecule has 0 saturated heterocycles. The molecule has 4 N–H and O–H groups in total. The summed E-state index contributed by atoms with van der Waals surface area (Å²) in [6.45, 7) is 2.30. The normalized spacial score (nSPS) is 11.0. The van der Waals surface area contributed by atoms with Crippen LogP contribution in [0.5, 0.6) is 0 Å². The maximum Gasteiger partial charge on any atom is 0.0892 e. The predicted octanol–water partition coefficient (Wildman–Crippen LogP) is 8.74. The van der Waals surface area contributed by atoms with E-state index in [1.54, 1.807) is 0 Å². The minimum Gasteiger partial charge on any atom is -0.386 e. The highest BCUT2D eigenvalue weighted by atomic mass is 14.8. The summed E-state index contributed by atoms with van der Waals surface area (Å²) in [5.74, 6) is 0.475. The molecule has 2 heteroatoms. The molecule has 0 atom stereocenters. The van der Waals surface area contributed by atoms with Gasteiger partial charge in [-0.3, -0.25) is 0 Å². The fourth-order valence-electron chi connectivity index (χ4n) is 4.02. The monoisotopic (exact) mass is 394 g/mol. The first kappa shape index (κ1) is 27.3. The highest BCUT2D eigenvalue weighted by molar-refractivity contribution is 4.89. The van der Waals surface area contributed by atoms with Gasteiger partial charge in [0, 0.05) is 0 Å². The van der Waals surface area contributed by atoms with Gasteiger partial charge in [0.1, 0.15) is 0 Å². The van der Waals surface area contributed by atoms with E-state index in [9.17, 15) is 0 Å². The summed E-state index contributed by atoms with van der Waals surface area (Å²) in [7, 11) is 0. The third-order valence-electron chi connectivity index (χ3n) is 5.94. The van der Waals surface area contributed by atoms with Crippen LogP contribution in [0.25, 0.3) is 0 Å². The molecule has 0 fully saturated rings. The van der Waals surface area contributed by atoms with Gasteiger partial charge in [-0.15, -0.1) is 0 Å². The maximum absolute atomic E-state index is 5.42. The Morgan fingerprint density at radius 1 is 0.429 bits per heavy atom. The molecule has 0 saturated carbocycles. The number of rotatable bonds is 23. The lowest BCUT2D eigenvalue weighted by Crippen LogP contribution is -2.07. The van der Waals surface area contributed by atoms with Crippen LogP contribution in [0.3, 0.4) is 0 Å². The summed E-state index contributed by atoms with van der Waals surface area (Å²) in [6.07, 6.45) is 34.5. The van der Waals surface area contributed by atoms with Crippen LogP contribution in [0.1, 0.15) is 155 Å². The number of hydrogen-bond donors (Lipinski definition) is 2. The number of unbranched alkanes of at least 4 members (excludes halogenated alkanes) is 22. The fraction of sp³-hybridized carbons (Fsp3) is 0.923. The van der Waals surface area contributed by atoms with Gasteiger partial charge >= 0.3 is 0 Å². The van der Waals surface area contributed by atoms with Gasteiger partial charge in [0.25, 0.3) is 0 Å². The SMILES string of the molecule is CCCCCCCCCCCCCCCCCCCCCCCCC=C(N)N. The summed E-state index contributed by atoms with van der Waals surface area (Å²) in [6, 6.07) is 0. The van der Waals surface area contributed by atoms with Crippen molar-refractivity contribution >= 4 is 0 Å². The molecule has 0 aromatic rings. The summed E-state index contributed by atoms with van der Waals surface area (Å²) in [5, 5.41) is 0. The van der Waals surface area contributed by atoms with Crippen molar-refractivity contribution in [1.82, 2.24) is 0 Å². The molecule has 0 aliphatic carbocycles. The first-order chi connectivity index (χ1) is 13.8. The molecular weight excluding hydrogens is 340 g/mol. The van der Waals surface area contributed by atoms with Crippen LogP contribution in [0.2, 0.25) is 0 Å². The molecule has 168 valence electrons. The zero-order chi connectivity index (χ0) is 20.5. The van der Waals surface area contributed by atoms with Gasteiger partial charge in [-0.2, -0.15) is 0 Å². The molecule has 0 aromatic heterocycles. The maximum atomic E-state index is 5.42. The van der Waals surface area contributed by atoms with Crippen molar-refractivity contribution in [2.75, 3.05) is 0 Å². The average molecular weight is 395 g/mol. The molecule has 0 amide bonds. The molecule has 0 bridgehead atoms. The molecule has 2 nitrogen and oxygen atoms in total. The second-order valence-electron chi connectivity index (χ2n) is 8.92. The van der Waals surface area contributed by atoms with Crippen LogP contribution >= 0.6 is 0 Å². The Morgan fingerprint density at radius 3 is 0.929 bits per heavy atom.